The lowest BCUT2D eigenvalue weighted by Crippen LogP contribution is -2.32. The number of piperidine rings is 1. The molecular formula is C25H26N6O2. The Balaban J connectivity index is 1.52. The van der Waals surface area contributed by atoms with E-state index in [9.17, 15) is 9.90 Å². The van der Waals surface area contributed by atoms with Gasteiger partial charge in [-0.3, -0.25) is 9.48 Å². The van der Waals surface area contributed by atoms with Crippen molar-refractivity contribution in [2.24, 2.45) is 0 Å². The first-order chi connectivity index (χ1) is 16.2. The minimum atomic E-state index is -0.163. The van der Waals surface area contributed by atoms with E-state index in [1.54, 1.807) is 18.3 Å². The predicted molar refractivity (Wildman–Crippen MR) is 129 cm³/mol. The van der Waals surface area contributed by atoms with E-state index in [1.165, 1.54) is 0 Å². The van der Waals surface area contributed by atoms with E-state index in [-0.39, 0.29) is 18.6 Å². The van der Waals surface area contributed by atoms with Gasteiger partial charge in [-0.1, -0.05) is 30.3 Å². The van der Waals surface area contributed by atoms with Crippen LogP contribution in [0, 0.1) is 0 Å². The second-order valence-electron chi connectivity index (χ2n) is 8.24. The molecule has 1 aliphatic heterocycles. The molecule has 1 unspecified atom stereocenters. The van der Waals surface area contributed by atoms with Crippen LogP contribution in [-0.2, 0) is 6.61 Å². The molecule has 168 valence electrons. The van der Waals surface area contributed by atoms with Crippen molar-refractivity contribution in [3.05, 3.63) is 71.9 Å². The van der Waals surface area contributed by atoms with Crippen LogP contribution < -0.4 is 16.4 Å². The summed E-state index contributed by atoms with van der Waals surface area (Å²) >= 11 is 0. The van der Waals surface area contributed by atoms with Gasteiger partial charge >= 0.3 is 0 Å². The fourth-order valence-corrected chi connectivity index (χ4v) is 4.39. The molecule has 4 aromatic rings. The molecule has 33 heavy (non-hydrogen) atoms. The van der Waals surface area contributed by atoms with Crippen LogP contribution in [-0.4, -0.2) is 38.9 Å². The van der Waals surface area contributed by atoms with Gasteiger partial charge in [0.2, 0.25) is 0 Å². The summed E-state index contributed by atoms with van der Waals surface area (Å²) in [6, 6.07) is 16.8. The first kappa shape index (κ1) is 21.1. The van der Waals surface area contributed by atoms with Crippen LogP contribution in [0.3, 0.4) is 0 Å². The van der Waals surface area contributed by atoms with Crippen LogP contribution >= 0.6 is 0 Å². The Bertz CT molecular complexity index is 1280. The molecule has 1 aliphatic rings. The first-order valence-corrected chi connectivity index (χ1v) is 11.1. The minimum absolute atomic E-state index is 0.139. The van der Waals surface area contributed by atoms with Crippen LogP contribution in [0.5, 0.6) is 0 Å². The number of hydrogen-bond donors (Lipinski definition) is 4. The largest absolute Gasteiger partial charge is 0.392 e. The summed E-state index contributed by atoms with van der Waals surface area (Å²) in [5.74, 6) is 0.220. The lowest BCUT2D eigenvalue weighted by atomic mass is 10.0. The van der Waals surface area contributed by atoms with Gasteiger partial charge in [0.25, 0.3) is 5.91 Å². The highest BCUT2D eigenvalue weighted by molar-refractivity contribution is 6.05. The summed E-state index contributed by atoms with van der Waals surface area (Å²) in [4.78, 5) is 16.8. The predicted octanol–water partition coefficient (Wildman–Crippen LogP) is 3.35. The summed E-state index contributed by atoms with van der Waals surface area (Å²) in [6.07, 6.45) is 3.69. The number of nitrogens with zero attached hydrogens (tertiary/aromatic N) is 3. The molecule has 3 heterocycles. The summed E-state index contributed by atoms with van der Waals surface area (Å²) in [6.45, 7) is 1.67. The van der Waals surface area contributed by atoms with Gasteiger partial charge in [0, 0.05) is 35.1 Å². The summed E-state index contributed by atoms with van der Waals surface area (Å²) < 4.78 is 1.99. The number of carbonyl (C=O) groups excluding carboxylic acids is 1. The number of nitrogen functional groups attached to an aromatic ring is 1. The second kappa shape index (κ2) is 9.01. The average Bonchev–Trinajstić information content (AvgIpc) is 3.27. The van der Waals surface area contributed by atoms with Crippen molar-refractivity contribution in [1.29, 1.82) is 0 Å². The highest BCUT2D eigenvalue weighted by Crippen LogP contribution is 2.36. The number of pyridine rings is 1. The molecule has 0 spiro atoms. The normalized spacial score (nSPS) is 16.1. The van der Waals surface area contributed by atoms with Gasteiger partial charge in [-0.15, -0.1) is 0 Å². The van der Waals surface area contributed by atoms with Gasteiger partial charge in [-0.2, -0.15) is 5.10 Å². The van der Waals surface area contributed by atoms with Crippen LogP contribution in [0.4, 0.5) is 11.5 Å². The zero-order valence-corrected chi connectivity index (χ0v) is 18.2. The van der Waals surface area contributed by atoms with E-state index in [2.05, 4.69) is 15.6 Å². The number of carbonyl (C=O) groups is 1. The molecule has 0 aliphatic carbocycles. The molecule has 8 nitrogen and oxygen atoms in total. The third-order valence-corrected chi connectivity index (χ3v) is 6.07. The third-order valence-electron chi connectivity index (χ3n) is 6.07. The Morgan fingerprint density at radius 3 is 2.67 bits per heavy atom. The van der Waals surface area contributed by atoms with Gasteiger partial charge in [0.1, 0.15) is 11.5 Å². The molecule has 2 aromatic heterocycles. The van der Waals surface area contributed by atoms with Crippen molar-refractivity contribution >= 4 is 28.3 Å². The fourth-order valence-electron chi connectivity index (χ4n) is 4.39. The Kier molecular flexibility index (Phi) is 5.77. The maximum absolute atomic E-state index is 12.5. The number of aromatic nitrogens is 3. The molecule has 2 aromatic carbocycles. The smallest absolute Gasteiger partial charge is 0.255 e. The Morgan fingerprint density at radius 1 is 1.18 bits per heavy atom. The molecule has 0 bridgehead atoms. The van der Waals surface area contributed by atoms with Gasteiger partial charge in [0.05, 0.1) is 23.6 Å². The highest BCUT2D eigenvalue weighted by atomic mass is 16.3. The second-order valence-corrected chi connectivity index (χ2v) is 8.24. The number of amides is 1. The standard InChI is InChI=1S/C25H26N6O2/c26-24-21-22(16-8-10-19(11-9-16)29-25(33)17-5-2-1-3-6-17)30-31(20-7-4-12-27-14-20)23(21)18(15-32)13-28-24/h1-3,5-6,8-11,13,20,27,32H,4,7,12,14-15H2,(H2,26,28)(H,29,33). The third kappa shape index (κ3) is 4.06. The van der Waals surface area contributed by atoms with E-state index in [0.29, 0.717) is 22.6 Å². The topological polar surface area (TPSA) is 118 Å². The molecular weight excluding hydrogens is 416 g/mol. The average molecular weight is 443 g/mol. The molecule has 1 saturated heterocycles. The quantitative estimate of drug-likeness (QED) is 0.376. The van der Waals surface area contributed by atoms with Crippen LogP contribution in [0.1, 0.15) is 34.8 Å². The maximum Gasteiger partial charge on any atom is 0.255 e. The zero-order chi connectivity index (χ0) is 22.8. The fraction of sp³-hybridized carbons (Fsp3) is 0.240. The Morgan fingerprint density at radius 2 is 1.97 bits per heavy atom. The van der Waals surface area contributed by atoms with Gasteiger partial charge in [-0.05, 0) is 43.7 Å². The zero-order valence-electron chi connectivity index (χ0n) is 18.2. The van der Waals surface area contributed by atoms with E-state index in [1.807, 2.05) is 47.1 Å². The van der Waals surface area contributed by atoms with Crippen LogP contribution in [0.2, 0.25) is 0 Å². The number of rotatable bonds is 5. The number of nitrogens with two attached hydrogens (primary N) is 1. The van der Waals surface area contributed by atoms with E-state index in [0.717, 1.165) is 48.1 Å². The van der Waals surface area contributed by atoms with E-state index < -0.39 is 0 Å². The molecule has 0 saturated carbocycles. The highest BCUT2D eigenvalue weighted by Gasteiger charge is 2.24. The molecule has 5 N–H and O–H groups in total. The van der Waals surface area contributed by atoms with Gasteiger partial charge in [0.15, 0.2) is 0 Å². The lowest BCUT2D eigenvalue weighted by Gasteiger charge is -2.24. The van der Waals surface area contributed by atoms with Crippen molar-refractivity contribution in [1.82, 2.24) is 20.1 Å². The van der Waals surface area contributed by atoms with Crippen molar-refractivity contribution in [2.45, 2.75) is 25.5 Å². The minimum Gasteiger partial charge on any atom is -0.392 e. The monoisotopic (exact) mass is 442 g/mol. The summed E-state index contributed by atoms with van der Waals surface area (Å²) in [7, 11) is 0. The SMILES string of the molecule is Nc1ncc(CO)c2c1c(-c1ccc(NC(=O)c3ccccc3)cc1)nn2C1CCCNC1. The van der Waals surface area contributed by atoms with Gasteiger partial charge in [-0.25, -0.2) is 4.98 Å². The van der Waals surface area contributed by atoms with Crippen LogP contribution in [0.25, 0.3) is 22.2 Å². The number of fused-ring (bicyclic) bond motifs is 1. The molecule has 1 fully saturated rings. The Hall–Kier alpha value is -3.75. The molecule has 1 atom stereocenters. The number of anilines is 2. The van der Waals surface area contributed by atoms with Crippen molar-refractivity contribution in [3.8, 4) is 11.3 Å². The molecule has 8 heteroatoms. The summed E-state index contributed by atoms with van der Waals surface area (Å²) in [5.41, 5.74) is 10.7. The molecule has 5 rings (SSSR count). The number of nitrogens with one attached hydrogen (secondary N) is 2. The Labute approximate surface area is 191 Å². The van der Waals surface area contributed by atoms with Crippen molar-refractivity contribution in [2.75, 3.05) is 24.1 Å². The maximum atomic E-state index is 12.5. The number of benzene rings is 2. The number of aliphatic hydroxyl groups excluding tert-OH is 1. The van der Waals surface area contributed by atoms with Gasteiger partial charge < -0.3 is 21.5 Å². The summed E-state index contributed by atoms with van der Waals surface area (Å²) in [5, 5.41) is 22.0. The number of hydrogen-bond acceptors (Lipinski definition) is 6. The van der Waals surface area contributed by atoms with Crippen molar-refractivity contribution in [3.63, 3.8) is 0 Å². The number of aliphatic hydroxyl groups is 1. The molecule has 1 amide bonds. The van der Waals surface area contributed by atoms with Crippen LogP contribution in [0.15, 0.2) is 60.8 Å². The first-order valence-electron chi connectivity index (χ1n) is 11.1. The van der Waals surface area contributed by atoms with E-state index in [4.69, 9.17) is 10.8 Å². The van der Waals surface area contributed by atoms with Crippen molar-refractivity contribution < 1.29 is 9.90 Å². The van der Waals surface area contributed by atoms with E-state index >= 15 is 0 Å². The lowest BCUT2D eigenvalue weighted by molar-refractivity contribution is 0.102. The molecule has 0 radical (unpaired) electrons.